The third kappa shape index (κ3) is 2.36. The molecule has 0 saturated heterocycles. The van der Waals surface area contributed by atoms with Gasteiger partial charge in [-0.3, -0.25) is 0 Å². The van der Waals surface area contributed by atoms with E-state index in [2.05, 4.69) is 9.97 Å². The van der Waals surface area contributed by atoms with Crippen LogP contribution in [0.2, 0.25) is 0 Å². The summed E-state index contributed by atoms with van der Waals surface area (Å²) < 4.78 is 6.93. The normalized spacial score (nSPS) is 11.0. The number of rotatable bonds is 3. The highest BCUT2D eigenvalue weighted by Crippen LogP contribution is 2.32. The highest BCUT2D eigenvalue weighted by Gasteiger charge is 2.22. The van der Waals surface area contributed by atoms with E-state index in [1.807, 2.05) is 35.9 Å². The molecule has 3 heterocycles. The summed E-state index contributed by atoms with van der Waals surface area (Å²) in [6.45, 7) is 4.03. The first kappa shape index (κ1) is 13.6. The minimum absolute atomic E-state index is 0.223. The van der Waals surface area contributed by atoms with Crippen LogP contribution in [-0.2, 0) is 4.74 Å². The monoisotopic (exact) mass is 302 g/mol. The minimum Gasteiger partial charge on any atom is -0.461 e. The molecule has 7 heteroatoms. The average molecular weight is 302 g/mol. The Morgan fingerprint density at radius 3 is 3.00 bits per heavy atom. The van der Waals surface area contributed by atoms with Gasteiger partial charge in [-0.2, -0.15) is 0 Å². The number of thiazole rings is 1. The molecule has 0 aliphatic carbocycles. The van der Waals surface area contributed by atoms with Crippen LogP contribution in [0.3, 0.4) is 0 Å². The molecule has 0 spiro atoms. The van der Waals surface area contributed by atoms with Crippen molar-refractivity contribution in [2.45, 2.75) is 13.8 Å². The molecule has 0 aliphatic heterocycles. The van der Waals surface area contributed by atoms with Crippen molar-refractivity contribution in [3.05, 3.63) is 35.8 Å². The van der Waals surface area contributed by atoms with Crippen LogP contribution >= 0.6 is 11.3 Å². The first-order valence-electron chi connectivity index (χ1n) is 6.48. The Kier molecular flexibility index (Phi) is 3.34. The van der Waals surface area contributed by atoms with E-state index in [4.69, 9.17) is 10.5 Å². The number of fused-ring (bicyclic) bond motifs is 1. The van der Waals surface area contributed by atoms with E-state index in [1.54, 1.807) is 6.92 Å². The first-order chi connectivity index (χ1) is 10.1. The van der Waals surface area contributed by atoms with Crippen LogP contribution < -0.4 is 5.73 Å². The van der Waals surface area contributed by atoms with Crippen molar-refractivity contribution in [3.63, 3.8) is 0 Å². The van der Waals surface area contributed by atoms with Crippen LogP contribution in [0.1, 0.15) is 23.0 Å². The van der Waals surface area contributed by atoms with Crippen LogP contribution in [0.5, 0.6) is 0 Å². The number of nitrogen functional groups attached to an aromatic ring is 1. The fourth-order valence-corrected chi connectivity index (χ4v) is 2.89. The Hall–Kier alpha value is -2.41. The maximum atomic E-state index is 12.0. The van der Waals surface area contributed by atoms with E-state index in [1.165, 1.54) is 11.3 Å². The number of nitrogens with zero attached hydrogens (tertiary/aromatic N) is 3. The van der Waals surface area contributed by atoms with Gasteiger partial charge in [-0.15, -0.1) is 0 Å². The Morgan fingerprint density at radius 1 is 1.48 bits per heavy atom. The van der Waals surface area contributed by atoms with Crippen LogP contribution in [-0.4, -0.2) is 26.9 Å². The lowest BCUT2D eigenvalue weighted by molar-refractivity contribution is 0.0521. The van der Waals surface area contributed by atoms with Gasteiger partial charge in [0.2, 0.25) is 0 Å². The first-order valence-corrected chi connectivity index (χ1v) is 7.30. The minimum atomic E-state index is -0.478. The Bertz CT molecular complexity index is 822. The van der Waals surface area contributed by atoms with Gasteiger partial charge >= 0.3 is 5.97 Å². The largest absolute Gasteiger partial charge is 0.461 e. The molecule has 2 N–H and O–H groups in total. The number of ether oxygens (including phenoxy) is 1. The summed E-state index contributed by atoms with van der Waals surface area (Å²) in [6, 6.07) is 3.93. The number of hydrogen-bond donors (Lipinski definition) is 1. The van der Waals surface area contributed by atoms with Gasteiger partial charge in [-0.25, -0.2) is 14.8 Å². The SMILES string of the molecule is CCOC(=O)c1nc(N)sc1-c1cn2cccc(C)c2n1. The van der Waals surface area contributed by atoms with Crippen LogP contribution in [0.25, 0.3) is 16.2 Å². The molecular weight excluding hydrogens is 288 g/mol. The molecule has 0 atom stereocenters. The summed E-state index contributed by atoms with van der Waals surface area (Å²) in [4.78, 5) is 21.2. The number of nitrogens with two attached hydrogens (primary N) is 1. The lowest BCUT2D eigenvalue weighted by Gasteiger charge is -1.99. The van der Waals surface area contributed by atoms with E-state index in [9.17, 15) is 4.79 Å². The van der Waals surface area contributed by atoms with Crippen molar-refractivity contribution in [1.82, 2.24) is 14.4 Å². The van der Waals surface area contributed by atoms with Gasteiger partial charge in [0.25, 0.3) is 0 Å². The fraction of sp³-hybridized carbons (Fsp3) is 0.214. The molecule has 0 fully saturated rings. The van der Waals surface area contributed by atoms with Gasteiger partial charge in [-0.1, -0.05) is 17.4 Å². The predicted molar refractivity (Wildman–Crippen MR) is 81.4 cm³/mol. The van der Waals surface area contributed by atoms with Crippen molar-refractivity contribution >= 4 is 28.1 Å². The van der Waals surface area contributed by atoms with E-state index in [0.717, 1.165) is 11.2 Å². The summed E-state index contributed by atoms with van der Waals surface area (Å²) >= 11 is 1.23. The second-order valence-electron chi connectivity index (χ2n) is 4.50. The molecule has 0 saturated carbocycles. The van der Waals surface area contributed by atoms with Crippen LogP contribution in [0, 0.1) is 6.92 Å². The molecule has 3 aromatic rings. The van der Waals surface area contributed by atoms with Crippen LogP contribution in [0.15, 0.2) is 24.5 Å². The zero-order valence-electron chi connectivity index (χ0n) is 11.7. The third-order valence-electron chi connectivity index (χ3n) is 3.02. The van der Waals surface area contributed by atoms with Crippen LogP contribution in [0.4, 0.5) is 5.13 Å². The number of pyridine rings is 1. The van der Waals surface area contributed by atoms with Gasteiger partial charge in [0, 0.05) is 12.4 Å². The van der Waals surface area contributed by atoms with Crippen molar-refractivity contribution in [2.24, 2.45) is 0 Å². The molecule has 108 valence electrons. The summed E-state index contributed by atoms with van der Waals surface area (Å²) in [5, 5.41) is 0.321. The average Bonchev–Trinajstić information content (AvgIpc) is 3.03. The highest BCUT2D eigenvalue weighted by atomic mass is 32.1. The van der Waals surface area contributed by atoms with Gasteiger partial charge < -0.3 is 14.9 Å². The number of carbonyl (C=O) groups is 1. The van der Waals surface area contributed by atoms with E-state index >= 15 is 0 Å². The molecule has 6 nitrogen and oxygen atoms in total. The molecule has 0 bridgehead atoms. The summed E-state index contributed by atoms with van der Waals surface area (Å²) in [5.41, 5.74) is 8.53. The number of anilines is 1. The topological polar surface area (TPSA) is 82.5 Å². The van der Waals surface area contributed by atoms with E-state index < -0.39 is 5.97 Å². The molecular formula is C14H14N4O2S. The number of imidazole rings is 1. The standard InChI is InChI=1S/C14H14N4O2S/c1-3-20-13(19)10-11(21-14(15)17-10)9-7-18-6-4-5-8(2)12(18)16-9/h4-7H,3H2,1-2H3,(H2,15,17). The fourth-order valence-electron chi connectivity index (χ4n) is 2.11. The summed E-state index contributed by atoms with van der Waals surface area (Å²) in [7, 11) is 0. The quantitative estimate of drug-likeness (QED) is 0.752. The van der Waals surface area contributed by atoms with E-state index in [-0.39, 0.29) is 5.69 Å². The summed E-state index contributed by atoms with van der Waals surface area (Å²) in [5.74, 6) is -0.478. The second-order valence-corrected chi connectivity index (χ2v) is 5.53. The van der Waals surface area contributed by atoms with Crippen molar-refractivity contribution in [3.8, 4) is 10.6 Å². The van der Waals surface area contributed by atoms with Gasteiger partial charge in [0.1, 0.15) is 11.3 Å². The smallest absolute Gasteiger partial charge is 0.358 e. The molecule has 0 unspecified atom stereocenters. The third-order valence-corrected chi connectivity index (χ3v) is 3.93. The molecule has 0 radical (unpaired) electrons. The van der Waals surface area contributed by atoms with Gasteiger partial charge in [0.05, 0.1) is 11.5 Å². The van der Waals surface area contributed by atoms with Gasteiger partial charge in [0.15, 0.2) is 10.8 Å². The number of aromatic nitrogens is 3. The number of aryl methyl sites for hydroxylation is 1. The van der Waals surface area contributed by atoms with Crippen molar-refractivity contribution < 1.29 is 9.53 Å². The zero-order valence-corrected chi connectivity index (χ0v) is 12.5. The maximum absolute atomic E-state index is 12.0. The number of hydrogen-bond acceptors (Lipinski definition) is 6. The molecule has 3 aromatic heterocycles. The molecule has 0 aromatic carbocycles. The van der Waals surface area contributed by atoms with Crippen molar-refractivity contribution in [2.75, 3.05) is 12.3 Å². The molecule has 21 heavy (non-hydrogen) atoms. The maximum Gasteiger partial charge on any atom is 0.358 e. The lowest BCUT2D eigenvalue weighted by atomic mass is 10.3. The summed E-state index contributed by atoms with van der Waals surface area (Å²) in [6.07, 6.45) is 3.77. The number of carbonyl (C=O) groups excluding carboxylic acids is 1. The molecule has 0 amide bonds. The van der Waals surface area contributed by atoms with Crippen molar-refractivity contribution in [1.29, 1.82) is 0 Å². The predicted octanol–water partition coefficient (Wildman–Crippen LogP) is 2.53. The number of esters is 1. The zero-order chi connectivity index (χ0) is 15.0. The van der Waals surface area contributed by atoms with Gasteiger partial charge in [-0.05, 0) is 25.5 Å². The Labute approximate surface area is 125 Å². The molecule has 3 rings (SSSR count). The highest BCUT2D eigenvalue weighted by molar-refractivity contribution is 7.19. The second kappa shape index (κ2) is 5.17. The molecule has 0 aliphatic rings. The Balaban J connectivity index is 2.14. The lowest BCUT2D eigenvalue weighted by Crippen LogP contribution is -2.06. The Morgan fingerprint density at radius 2 is 2.29 bits per heavy atom. The van der Waals surface area contributed by atoms with E-state index in [0.29, 0.717) is 22.3 Å².